The summed E-state index contributed by atoms with van der Waals surface area (Å²) in [5.41, 5.74) is 6.62. The molecule has 0 radical (unpaired) electrons. The van der Waals surface area contributed by atoms with E-state index in [4.69, 9.17) is 10.5 Å². The molecule has 5 heteroatoms. The van der Waals surface area contributed by atoms with Gasteiger partial charge in [-0.25, -0.2) is 0 Å². The van der Waals surface area contributed by atoms with E-state index in [0.717, 1.165) is 0 Å². The first-order valence-corrected chi connectivity index (χ1v) is 6.17. The van der Waals surface area contributed by atoms with Crippen molar-refractivity contribution in [2.24, 2.45) is 0 Å². The van der Waals surface area contributed by atoms with Crippen molar-refractivity contribution in [3.63, 3.8) is 0 Å². The molecule has 0 saturated heterocycles. The first-order chi connectivity index (χ1) is 8.77. The lowest BCUT2D eigenvalue weighted by Gasteiger charge is -2.32. The van der Waals surface area contributed by atoms with Crippen LogP contribution >= 0.6 is 0 Å². The lowest BCUT2D eigenvalue weighted by Crippen LogP contribution is -2.48. The van der Waals surface area contributed by atoms with E-state index in [1.807, 2.05) is 14.1 Å². The molecule has 1 aromatic carbocycles. The van der Waals surface area contributed by atoms with Crippen LogP contribution < -0.4 is 15.8 Å². The average molecular weight is 265 g/mol. The summed E-state index contributed by atoms with van der Waals surface area (Å²) in [5.74, 6) is 0.470. The fourth-order valence-corrected chi connectivity index (χ4v) is 1.42. The van der Waals surface area contributed by atoms with Gasteiger partial charge < -0.3 is 20.7 Å². The lowest BCUT2D eigenvalue weighted by atomic mass is 10.0. The molecule has 5 nitrogen and oxygen atoms in total. The summed E-state index contributed by atoms with van der Waals surface area (Å²) in [5, 5.41) is 2.90. The zero-order valence-electron chi connectivity index (χ0n) is 12.3. The molecule has 0 bridgehead atoms. The van der Waals surface area contributed by atoms with E-state index in [1.54, 1.807) is 25.3 Å². The quantitative estimate of drug-likeness (QED) is 0.789. The monoisotopic (exact) mass is 265 g/mol. The van der Waals surface area contributed by atoms with Crippen LogP contribution in [0.4, 0.5) is 5.69 Å². The van der Waals surface area contributed by atoms with E-state index in [-0.39, 0.29) is 11.4 Å². The first-order valence-electron chi connectivity index (χ1n) is 6.17. The number of rotatable bonds is 5. The Bertz CT molecular complexity index is 456. The Morgan fingerprint density at radius 1 is 1.42 bits per heavy atom. The molecule has 0 atom stereocenters. The Morgan fingerprint density at radius 2 is 2.05 bits per heavy atom. The van der Waals surface area contributed by atoms with Gasteiger partial charge in [0.1, 0.15) is 5.75 Å². The number of nitrogens with one attached hydrogen (secondary N) is 1. The third-order valence-electron chi connectivity index (χ3n) is 3.40. The summed E-state index contributed by atoms with van der Waals surface area (Å²) in [7, 11) is 5.52. The van der Waals surface area contributed by atoms with E-state index in [2.05, 4.69) is 24.1 Å². The molecule has 0 aliphatic carbocycles. The van der Waals surface area contributed by atoms with Crippen molar-refractivity contribution in [3.8, 4) is 5.75 Å². The molecule has 19 heavy (non-hydrogen) atoms. The third kappa shape index (κ3) is 3.86. The van der Waals surface area contributed by atoms with Gasteiger partial charge in [-0.1, -0.05) is 0 Å². The van der Waals surface area contributed by atoms with Gasteiger partial charge in [-0.2, -0.15) is 0 Å². The van der Waals surface area contributed by atoms with Gasteiger partial charge in [0.25, 0.3) is 5.91 Å². The Hall–Kier alpha value is -1.75. The fourth-order valence-electron chi connectivity index (χ4n) is 1.42. The molecule has 0 spiro atoms. The highest BCUT2D eigenvalue weighted by molar-refractivity contribution is 5.99. The highest BCUT2D eigenvalue weighted by Crippen LogP contribution is 2.19. The Kier molecular flexibility index (Phi) is 4.78. The summed E-state index contributed by atoms with van der Waals surface area (Å²) in [6, 6.07) is 5.04. The van der Waals surface area contributed by atoms with Gasteiger partial charge in [-0.05, 0) is 40.1 Å². The van der Waals surface area contributed by atoms with Crippen LogP contribution in [0, 0.1) is 0 Å². The number of benzene rings is 1. The number of anilines is 1. The number of nitrogens with zero attached hydrogens (tertiary/aromatic N) is 1. The number of hydrogen-bond acceptors (Lipinski definition) is 4. The van der Waals surface area contributed by atoms with Crippen molar-refractivity contribution < 1.29 is 9.53 Å². The molecule has 106 valence electrons. The van der Waals surface area contributed by atoms with Crippen LogP contribution in [-0.2, 0) is 0 Å². The summed E-state index contributed by atoms with van der Waals surface area (Å²) in [4.78, 5) is 14.1. The largest absolute Gasteiger partial charge is 0.497 e. The zero-order valence-corrected chi connectivity index (χ0v) is 12.3. The standard InChI is InChI=1S/C14H23N3O2/c1-14(2,17(3)4)9-16-13(18)11-7-6-10(19-5)8-12(11)15/h6-8H,9,15H2,1-5H3,(H,16,18). The average Bonchev–Trinajstić information content (AvgIpc) is 2.35. The Balaban J connectivity index is 2.74. The van der Waals surface area contributed by atoms with Crippen LogP contribution in [0.5, 0.6) is 5.75 Å². The van der Waals surface area contributed by atoms with Crippen molar-refractivity contribution in [2.45, 2.75) is 19.4 Å². The second kappa shape index (κ2) is 5.93. The van der Waals surface area contributed by atoms with Gasteiger partial charge in [-0.3, -0.25) is 4.79 Å². The predicted octanol–water partition coefficient (Wildman–Crippen LogP) is 1.35. The van der Waals surface area contributed by atoms with Crippen LogP contribution in [0.2, 0.25) is 0 Å². The van der Waals surface area contributed by atoms with E-state index in [1.165, 1.54) is 0 Å². The predicted molar refractivity (Wildman–Crippen MR) is 77.5 cm³/mol. The van der Waals surface area contributed by atoms with Crippen molar-refractivity contribution in [2.75, 3.05) is 33.5 Å². The third-order valence-corrected chi connectivity index (χ3v) is 3.40. The van der Waals surface area contributed by atoms with Gasteiger partial charge in [0.15, 0.2) is 0 Å². The number of hydrogen-bond donors (Lipinski definition) is 2. The minimum absolute atomic E-state index is 0.114. The number of likely N-dealkylation sites (N-methyl/N-ethyl adjacent to an activating group) is 1. The second-order valence-electron chi connectivity index (χ2n) is 5.34. The van der Waals surface area contributed by atoms with E-state index < -0.39 is 0 Å². The van der Waals surface area contributed by atoms with Gasteiger partial charge in [0.2, 0.25) is 0 Å². The number of carbonyl (C=O) groups is 1. The van der Waals surface area contributed by atoms with Crippen molar-refractivity contribution in [1.82, 2.24) is 10.2 Å². The molecular formula is C14H23N3O2. The normalized spacial score (nSPS) is 11.5. The molecule has 3 N–H and O–H groups in total. The summed E-state index contributed by atoms with van der Waals surface area (Å²) in [6.07, 6.45) is 0. The molecule has 0 aliphatic heterocycles. The zero-order chi connectivity index (χ0) is 14.6. The fraction of sp³-hybridized carbons (Fsp3) is 0.500. The van der Waals surface area contributed by atoms with Crippen LogP contribution in [0.3, 0.4) is 0 Å². The van der Waals surface area contributed by atoms with Crippen molar-refractivity contribution in [1.29, 1.82) is 0 Å². The maximum atomic E-state index is 12.1. The van der Waals surface area contributed by atoms with Gasteiger partial charge in [0.05, 0.1) is 12.7 Å². The van der Waals surface area contributed by atoms with Gasteiger partial charge in [-0.15, -0.1) is 0 Å². The number of amides is 1. The van der Waals surface area contributed by atoms with E-state index in [9.17, 15) is 4.79 Å². The van der Waals surface area contributed by atoms with E-state index >= 15 is 0 Å². The molecule has 0 unspecified atom stereocenters. The topological polar surface area (TPSA) is 67.6 Å². The Labute approximate surface area is 114 Å². The molecular weight excluding hydrogens is 242 g/mol. The van der Waals surface area contributed by atoms with Crippen LogP contribution in [0.1, 0.15) is 24.2 Å². The smallest absolute Gasteiger partial charge is 0.253 e. The second-order valence-corrected chi connectivity index (χ2v) is 5.34. The molecule has 1 amide bonds. The molecule has 0 aromatic heterocycles. The molecule has 0 saturated carbocycles. The lowest BCUT2D eigenvalue weighted by molar-refractivity contribution is 0.0920. The number of nitrogens with two attached hydrogens (primary N) is 1. The summed E-state index contributed by atoms with van der Waals surface area (Å²) < 4.78 is 5.06. The van der Waals surface area contributed by atoms with Crippen LogP contribution in [0.15, 0.2) is 18.2 Å². The maximum Gasteiger partial charge on any atom is 0.253 e. The van der Waals surface area contributed by atoms with Gasteiger partial charge in [0, 0.05) is 23.8 Å². The van der Waals surface area contributed by atoms with Gasteiger partial charge >= 0.3 is 0 Å². The summed E-state index contributed by atoms with van der Waals surface area (Å²) in [6.45, 7) is 4.67. The molecule has 0 aliphatic rings. The number of carbonyl (C=O) groups excluding carboxylic acids is 1. The highest BCUT2D eigenvalue weighted by atomic mass is 16.5. The molecule has 1 aromatic rings. The number of nitrogen functional groups attached to an aromatic ring is 1. The number of ether oxygens (including phenoxy) is 1. The number of methoxy groups -OCH3 is 1. The maximum absolute atomic E-state index is 12.1. The van der Waals surface area contributed by atoms with Crippen molar-refractivity contribution in [3.05, 3.63) is 23.8 Å². The molecule has 0 fully saturated rings. The highest BCUT2D eigenvalue weighted by Gasteiger charge is 2.21. The SMILES string of the molecule is COc1ccc(C(=O)NCC(C)(C)N(C)C)c(N)c1. The first kappa shape index (κ1) is 15.3. The summed E-state index contributed by atoms with van der Waals surface area (Å²) >= 11 is 0. The Morgan fingerprint density at radius 3 is 2.53 bits per heavy atom. The molecule has 0 heterocycles. The van der Waals surface area contributed by atoms with Crippen LogP contribution in [-0.4, -0.2) is 44.1 Å². The molecule has 1 rings (SSSR count). The van der Waals surface area contributed by atoms with Crippen LogP contribution in [0.25, 0.3) is 0 Å². The minimum atomic E-state index is -0.171. The van der Waals surface area contributed by atoms with E-state index in [0.29, 0.717) is 23.5 Å². The minimum Gasteiger partial charge on any atom is -0.497 e. The van der Waals surface area contributed by atoms with Crippen molar-refractivity contribution >= 4 is 11.6 Å².